The van der Waals surface area contributed by atoms with Crippen LogP contribution in [0.1, 0.15) is 19.8 Å². The number of nitrogens with one attached hydrogen (secondary N) is 1. The number of likely N-dealkylation sites (tertiary alicyclic amines) is 1. The van der Waals surface area contributed by atoms with Gasteiger partial charge in [0.2, 0.25) is 5.91 Å². The Kier molecular flexibility index (Phi) is 4.42. The lowest BCUT2D eigenvalue weighted by Gasteiger charge is -2.34. The van der Waals surface area contributed by atoms with E-state index in [-0.39, 0.29) is 24.4 Å². The predicted molar refractivity (Wildman–Crippen MR) is 88.9 cm³/mol. The molecule has 2 N–H and O–H groups in total. The standard InChI is InChI=1S/C17H21N3O4/c1-11-8-12(16(22)23)10-19(9-11)17(24)18-13-2-4-14(5-3-13)20-7-6-15(20)21/h2-5,11-12H,6-10H2,1H3,(H,18,24)(H,22,23). The molecule has 0 bridgehead atoms. The zero-order chi connectivity index (χ0) is 17.3. The van der Waals surface area contributed by atoms with E-state index >= 15 is 0 Å². The maximum atomic E-state index is 12.4. The molecule has 0 saturated carbocycles. The molecule has 0 radical (unpaired) electrons. The van der Waals surface area contributed by atoms with E-state index in [2.05, 4.69) is 5.32 Å². The van der Waals surface area contributed by atoms with Crippen molar-refractivity contribution in [2.24, 2.45) is 11.8 Å². The van der Waals surface area contributed by atoms with Crippen LogP contribution in [-0.2, 0) is 9.59 Å². The number of carboxylic acids is 1. The second-order valence-corrected chi connectivity index (χ2v) is 6.55. The Labute approximate surface area is 140 Å². The summed E-state index contributed by atoms with van der Waals surface area (Å²) in [5.41, 5.74) is 1.45. The Balaban J connectivity index is 1.61. The number of urea groups is 1. The molecule has 2 heterocycles. The van der Waals surface area contributed by atoms with Gasteiger partial charge in [-0.3, -0.25) is 9.59 Å². The van der Waals surface area contributed by atoms with Crippen LogP contribution >= 0.6 is 0 Å². The fourth-order valence-corrected chi connectivity index (χ4v) is 3.21. The average Bonchev–Trinajstić information content (AvgIpc) is 2.54. The molecule has 2 fully saturated rings. The van der Waals surface area contributed by atoms with Gasteiger partial charge in [-0.2, -0.15) is 0 Å². The van der Waals surface area contributed by atoms with E-state index in [9.17, 15) is 19.5 Å². The largest absolute Gasteiger partial charge is 0.481 e. The Hall–Kier alpha value is -2.57. The van der Waals surface area contributed by atoms with Gasteiger partial charge in [-0.1, -0.05) is 6.92 Å². The molecule has 7 heteroatoms. The highest BCUT2D eigenvalue weighted by atomic mass is 16.4. The predicted octanol–water partition coefficient (Wildman–Crippen LogP) is 2.00. The van der Waals surface area contributed by atoms with Crippen molar-refractivity contribution in [2.75, 3.05) is 29.9 Å². The molecule has 0 spiro atoms. The van der Waals surface area contributed by atoms with E-state index in [0.29, 0.717) is 25.1 Å². The van der Waals surface area contributed by atoms with Crippen LogP contribution in [0.3, 0.4) is 0 Å². The summed E-state index contributed by atoms with van der Waals surface area (Å²) in [5, 5.41) is 12.0. The normalized spacial score (nSPS) is 23.6. The minimum atomic E-state index is -0.858. The third-order valence-electron chi connectivity index (χ3n) is 4.58. The van der Waals surface area contributed by atoms with Gasteiger partial charge in [0.1, 0.15) is 0 Å². The van der Waals surface area contributed by atoms with Crippen LogP contribution in [0.4, 0.5) is 16.2 Å². The summed E-state index contributed by atoms with van der Waals surface area (Å²) in [6.07, 6.45) is 1.17. The summed E-state index contributed by atoms with van der Waals surface area (Å²) in [6.45, 7) is 3.46. The van der Waals surface area contributed by atoms with Crippen LogP contribution in [0.15, 0.2) is 24.3 Å². The molecule has 3 amide bonds. The highest BCUT2D eigenvalue weighted by Gasteiger charge is 2.32. The summed E-state index contributed by atoms with van der Waals surface area (Å²) in [7, 11) is 0. The van der Waals surface area contributed by atoms with E-state index in [0.717, 1.165) is 12.2 Å². The zero-order valence-electron chi connectivity index (χ0n) is 13.6. The molecule has 3 rings (SSSR count). The van der Waals surface area contributed by atoms with Crippen molar-refractivity contribution in [3.63, 3.8) is 0 Å². The second kappa shape index (κ2) is 6.51. The highest BCUT2D eigenvalue weighted by molar-refractivity contribution is 5.99. The molecule has 2 aliphatic rings. The summed E-state index contributed by atoms with van der Waals surface area (Å²) in [5.74, 6) is -1.11. The van der Waals surface area contributed by atoms with Gasteiger partial charge in [-0.15, -0.1) is 0 Å². The number of carboxylic acid groups (broad SMARTS) is 1. The Bertz CT molecular complexity index is 658. The summed E-state index contributed by atoms with van der Waals surface area (Å²) < 4.78 is 0. The topological polar surface area (TPSA) is 89.9 Å². The molecule has 7 nitrogen and oxygen atoms in total. The van der Waals surface area contributed by atoms with Gasteiger partial charge in [-0.05, 0) is 36.6 Å². The van der Waals surface area contributed by atoms with Crippen LogP contribution in [0.25, 0.3) is 0 Å². The number of benzene rings is 1. The smallest absolute Gasteiger partial charge is 0.321 e. The average molecular weight is 331 g/mol. The van der Waals surface area contributed by atoms with Crippen molar-refractivity contribution in [1.29, 1.82) is 0 Å². The van der Waals surface area contributed by atoms with Crippen LogP contribution in [0, 0.1) is 11.8 Å². The summed E-state index contributed by atoms with van der Waals surface area (Å²) in [6, 6.07) is 6.80. The Morgan fingerprint density at radius 3 is 2.46 bits per heavy atom. The quantitative estimate of drug-likeness (QED) is 0.829. The molecule has 1 aromatic rings. The first-order valence-corrected chi connectivity index (χ1v) is 8.13. The van der Waals surface area contributed by atoms with E-state index in [4.69, 9.17) is 0 Å². The van der Waals surface area contributed by atoms with Crippen molar-refractivity contribution in [2.45, 2.75) is 19.8 Å². The maximum Gasteiger partial charge on any atom is 0.321 e. The van der Waals surface area contributed by atoms with Crippen molar-refractivity contribution in [3.8, 4) is 0 Å². The van der Waals surface area contributed by atoms with Crippen LogP contribution in [-0.4, -0.2) is 47.5 Å². The van der Waals surface area contributed by atoms with E-state index < -0.39 is 11.9 Å². The van der Waals surface area contributed by atoms with Gasteiger partial charge >= 0.3 is 12.0 Å². The lowest BCUT2D eigenvalue weighted by atomic mass is 9.91. The third kappa shape index (κ3) is 3.34. The van der Waals surface area contributed by atoms with E-state index in [1.165, 1.54) is 0 Å². The van der Waals surface area contributed by atoms with Gasteiger partial charge in [0.05, 0.1) is 5.92 Å². The van der Waals surface area contributed by atoms with Crippen LogP contribution < -0.4 is 10.2 Å². The molecule has 1 aromatic carbocycles. The first-order valence-electron chi connectivity index (χ1n) is 8.13. The molecule has 2 saturated heterocycles. The van der Waals surface area contributed by atoms with Crippen molar-refractivity contribution in [3.05, 3.63) is 24.3 Å². The zero-order valence-corrected chi connectivity index (χ0v) is 13.6. The first-order chi connectivity index (χ1) is 11.4. The number of rotatable bonds is 3. The number of nitrogens with zero attached hydrogens (tertiary/aromatic N) is 2. The van der Waals surface area contributed by atoms with Gasteiger partial charge in [-0.25, -0.2) is 4.79 Å². The van der Waals surface area contributed by atoms with E-state index in [1.54, 1.807) is 34.1 Å². The molecule has 2 unspecified atom stereocenters. The van der Waals surface area contributed by atoms with Crippen molar-refractivity contribution >= 4 is 29.3 Å². The summed E-state index contributed by atoms with van der Waals surface area (Å²) in [4.78, 5) is 38.2. The number of amides is 3. The molecule has 0 aliphatic carbocycles. The van der Waals surface area contributed by atoms with Gasteiger partial charge in [0.25, 0.3) is 0 Å². The highest BCUT2D eigenvalue weighted by Crippen LogP contribution is 2.25. The van der Waals surface area contributed by atoms with Gasteiger partial charge in [0, 0.05) is 37.4 Å². The monoisotopic (exact) mass is 331 g/mol. The third-order valence-corrected chi connectivity index (χ3v) is 4.58. The number of hydrogen-bond donors (Lipinski definition) is 2. The lowest BCUT2D eigenvalue weighted by molar-refractivity contribution is -0.143. The molecule has 24 heavy (non-hydrogen) atoms. The molecule has 2 aliphatic heterocycles. The van der Waals surface area contributed by atoms with Crippen molar-refractivity contribution in [1.82, 2.24) is 4.90 Å². The molecular formula is C17H21N3O4. The second-order valence-electron chi connectivity index (χ2n) is 6.55. The lowest BCUT2D eigenvalue weighted by Crippen LogP contribution is -2.47. The number of aliphatic carboxylic acids is 1. The SMILES string of the molecule is CC1CC(C(=O)O)CN(C(=O)Nc2ccc(N3CCC3=O)cc2)C1. The number of piperidine rings is 1. The number of anilines is 2. The van der Waals surface area contributed by atoms with Gasteiger partial charge < -0.3 is 20.2 Å². The molecule has 0 aromatic heterocycles. The van der Waals surface area contributed by atoms with Crippen LogP contribution in [0.2, 0.25) is 0 Å². The number of hydrogen-bond acceptors (Lipinski definition) is 3. The van der Waals surface area contributed by atoms with E-state index in [1.807, 2.05) is 6.92 Å². The molecule has 128 valence electrons. The Morgan fingerprint density at radius 1 is 1.21 bits per heavy atom. The molecular weight excluding hydrogens is 310 g/mol. The maximum absolute atomic E-state index is 12.4. The minimum absolute atomic E-state index is 0.105. The fourth-order valence-electron chi connectivity index (χ4n) is 3.21. The Morgan fingerprint density at radius 2 is 1.92 bits per heavy atom. The minimum Gasteiger partial charge on any atom is -0.481 e. The van der Waals surface area contributed by atoms with Crippen LogP contribution in [0.5, 0.6) is 0 Å². The number of β-lactam (4-membered cyclic amide) rings is 1. The summed E-state index contributed by atoms with van der Waals surface area (Å²) >= 11 is 0. The molecule has 2 atom stereocenters. The van der Waals surface area contributed by atoms with Gasteiger partial charge in [0.15, 0.2) is 0 Å². The first kappa shape index (κ1) is 16.3. The van der Waals surface area contributed by atoms with Crippen molar-refractivity contribution < 1.29 is 19.5 Å². The number of carbonyl (C=O) groups is 3. The fraction of sp³-hybridized carbons (Fsp3) is 0.471. The number of carbonyl (C=O) groups excluding carboxylic acids is 2.